The van der Waals surface area contributed by atoms with Gasteiger partial charge in [-0.2, -0.15) is 0 Å². The lowest BCUT2D eigenvalue weighted by Crippen LogP contribution is -2.29. The number of carbonyl (C=O) groups excluding carboxylic acids is 1. The first-order chi connectivity index (χ1) is 10.9. The number of primary sulfonamides is 1. The van der Waals surface area contributed by atoms with Gasteiger partial charge in [-0.1, -0.05) is 12.1 Å². The molecule has 8 heteroatoms. The fourth-order valence-corrected chi connectivity index (χ4v) is 4.71. The average molecular weight is 354 g/mol. The molecule has 3 rings (SSSR count). The summed E-state index contributed by atoms with van der Waals surface area (Å²) in [5.74, 6) is -0.498. The van der Waals surface area contributed by atoms with Crippen LogP contribution in [0.3, 0.4) is 0 Å². The molecule has 5 nitrogen and oxygen atoms in total. The smallest absolute Gasteiger partial charge is 0.265 e. The van der Waals surface area contributed by atoms with E-state index in [1.807, 2.05) is 0 Å². The summed E-state index contributed by atoms with van der Waals surface area (Å²) < 4.78 is 36.0. The molecule has 0 saturated carbocycles. The van der Waals surface area contributed by atoms with Crippen LogP contribution in [-0.4, -0.2) is 32.3 Å². The topological polar surface area (TPSA) is 80.5 Å². The lowest BCUT2D eigenvalue weighted by Gasteiger charge is -2.16. The highest BCUT2D eigenvalue weighted by atomic mass is 32.2. The maximum Gasteiger partial charge on any atom is 0.265 e. The van der Waals surface area contributed by atoms with Gasteiger partial charge in [0.1, 0.15) is 15.6 Å². The summed E-state index contributed by atoms with van der Waals surface area (Å²) in [6, 6.07) is 7.58. The molecule has 1 aromatic carbocycles. The van der Waals surface area contributed by atoms with Gasteiger partial charge in [0.05, 0.1) is 0 Å². The lowest BCUT2D eigenvalue weighted by molar-refractivity contribution is 0.0792. The van der Waals surface area contributed by atoms with E-state index in [2.05, 4.69) is 0 Å². The maximum atomic E-state index is 13.0. The minimum Gasteiger partial charge on any atom is -0.337 e. The number of hydrogen-bond donors (Lipinski definition) is 1. The molecule has 1 aliphatic heterocycles. The second kappa shape index (κ2) is 6.03. The Morgan fingerprint density at radius 1 is 1.26 bits per heavy atom. The van der Waals surface area contributed by atoms with Crippen molar-refractivity contribution >= 4 is 27.3 Å². The summed E-state index contributed by atoms with van der Waals surface area (Å²) in [7, 11) is -3.91. The number of thiophene rings is 1. The molecule has 2 heterocycles. The molecule has 0 radical (unpaired) electrons. The Bertz CT molecular complexity index is 831. The molecule has 1 unspecified atom stereocenters. The Labute approximate surface area is 137 Å². The van der Waals surface area contributed by atoms with Crippen LogP contribution in [0.15, 0.2) is 40.6 Å². The first kappa shape index (κ1) is 16.1. The summed E-state index contributed by atoms with van der Waals surface area (Å²) in [6.07, 6.45) is 0.757. The Hall–Kier alpha value is -1.77. The summed E-state index contributed by atoms with van der Waals surface area (Å²) in [6.45, 7) is 1.01. The minimum atomic E-state index is -3.91. The SMILES string of the molecule is NS(=O)(=O)c1ccsc1C(=O)N1CCC(c2ccc(F)cc2)C1. The average Bonchev–Trinajstić information content (AvgIpc) is 3.16. The van der Waals surface area contributed by atoms with Gasteiger partial charge in [0.2, 0.25) is 10.0 Å². The zero-order valence-electron chi connectivity index (χ0n) is 12.1. The van der Waals surface area contributed by atoms with E-state index in [0.717, 1.165) is 23.3 Å². The van der Waals surface area contributed by atoms with E-state index in [-0.39, 0.29) is 27.4 Å². The highest BCUT2D eigenvalue weighted by molar-refractivity contribution is 7.89. The Balaban J connectivity index is 1.78. The van der Waals surface area contributed by atoms with E-state index in [1.165, 1.54) is 18.2 Å². The quantitative estimate of drug-likeness (QED) is 0.917. The normalized spacial score (nSPS) is 18.3. The number of likely N-dealkylation sites (tertiary alicyclic amines) is 1. The van der Waals surface area contributed by atoms with Crippen LogP contribution in [0.2, 0.25) is 0 Å². The predicted molar refractivity (Wildman–Crippen MR) is 85.4 cm³/mol. The summed E-state index contributed by atoms with van der Waals surface area (Å²) in [5.41, 5.74) is 0.972. The number of halogens is 1. The number of nitrogens with two attached hydrogens (primary N) is 1. The number of sulfonamides is 1. The number of rotatable bonds is 3. The molecule has 2 N–H and O–H groups in total. The van der Waals surface area contributed by atoms with Crippen LogP contribution in [0.4, 0.5) is 4.39 Å². The number of amides is 1. The Morgan fingerprint density at radius 3 is 2.61 bits per heavy atom. The fraction of sp³-hybridized carbons (Fsp3) is 0.267. The van der Waals surface area contributed by atoms with Crippen LogP contribution in [0.25, 0.3) is 0 Å². The van der Waals surface area contributed by atoms with Gasteiger partial charge in [-0.25, -0.2) is 17.9 Å². The largest absolute Gasteiger partial charge is 0.337 e. The van der Waals surface area contributed by atoms with E-state index in [1.54, 1.807) is 22.4 Å². The molecule has 122 valence electrons. The third kappa shape index (κ3) is 3.29. The van der Waals surface area contributed by atoms with Crippen molar-refractivity contribution < 1.29 is 17.6 Å². The molecule has 1 aliphatic rings. The van der Waals surface area contributed by atoms with Gasteiger partial charge in [0.25, 0.3) is 5.91 Å². The first-order valence-electron chi connectivity index (χ1n) is 7.01. The molecule has 0 aliphatic carbocycles. The van der Waals surface area contributed by atoms with Crippen molar-refractivity contribution in [2.75, 3.05) is 13.1 Å². The molecular weight excluding hydrogens is 339 g/mol. The number of carbonyl (C=O) groups is 1. The van der Waals surface area contributed by atoms with Crippen molar-refractivity contribution in [1.82, 2.24) is 4.90 Å². The van der Waals surface area contributed by atoms with Crippen molar-refractivity contribution in [3.63, 3.8) is 0 Å². The third-order valence-electron chi connectivity index (χ3n) is 3.95. The number of nitrogens with zero attached hydrogens (tertiary/aromatic N) is 1. The highest BCUT2D eigenvalue weighted by Crippen LogP contribution is 2.30. The van der Waals surface area contributed by atoms with Crippen LogP contribution in [0, 0.1) is 5.82 Å². The summed E-state index contributed by atoms with van der Waals surface area (Å²) >= 11 is 1.07. The molecule has 23 heavy (non-hydrogen) atoms. The van der Waals surface area contributed by atoms with Gasteiger partial charge in [-0.05, 0) is 35.6 Å². The van der Waals surface area contributed by atoms with E-state index in [4.69, 9.17) is 5.14 Å². The van der Waals surface area contributed by atoms with Crippen LogP contribution >= 0.6 is 11.3 Å². The summed E-state index contributed by atoms with van der Waals surface area (Å²) in [5, 5.41) is 6.69. The monoisotopic (exact) mass is 354 g/mol. The van der Waals surface area contributed by atoms with Crippen molar-refractivity contribution in [3.8, 4) is 0 Å². The minimum absolute atomic E-state index is 0.123. The number of benzene rings is 1. The van der Waals surface area contributed by atoms with E-state index in [0.29, 0.717) is 13.1 Å². The van der Waals surface area contributed by atoms with Crippen LogP contribution in [-0.2, 0) is 10.0 Å². The molecule has 0 bridgehead atoms. The zero-order chi connectivity index (χ0) is 16.6. The van der Waals surface area contributed by atoms with Crippen LogP contribution < -0.4 is 5.14 Å². The highest BCUT2D eigenvalue weighted by Gasteiger charge is 2.31. The van der Waals surface area contributed by atoms with Crippen LogP contribution in [0.1, 0.15) is 27.6 Å². The third-order valence-corrected chi connectivity index (χ3v) is 5.93. The van der Waals surface area contributed by atoms with Gasteiger partial charge in [-0.15, -0.1) is 11.3 Å². The summed E-state index contributed by atoms with van der Waals surface area (Å²) in [4.78, 5) is 14.2. The Kier molecular flexibility index (Phi) is 4.22. The van der Waals surface area contributed by atoms with Crippen molar-refractivity contribution in [2.24, 2.45) is 5.14 Å². The molecule has 1 fully saturated rings. The van der Waals surface area contributed by atoms with Crippen LogP contribution in [0.5, 0.6) is 0 Å². The van der Waals surface area contributed by atoms with Gasteiger partial charge in [0.15, 0.2) is 0 Å². The van der Waals surface area contributed by atoms with Gasteiger partial charge in [0, 0.05) is 19.0 Å². The van der Waals surface area contributed by atoms with Crippen molar-refractivity contribution in [2.45, 2.75) is 17.2 Å². The van der Waals surface area contributed by atoms with Gasteiger partial charge in [-0.3, -0.25) is 4.79 Å². The first-order valence-corrected chi connectivity index (χ1v) is 9.44. The van der Waals surface area contributed by atoms with Crippen molar-refractivity contribution in [1.29, 1.82) is 0 Å². The fourth-order valence-electron chi connectivity index (χ4n) is 2.77. The second-order valence-electron chi connectivity index (χ2n) is 5.45. The standard InChI is InChI=1S/C15H15FN2O3S2/c16-12-3-1-10(2-4-12)11-5-7-18(9-11)15(19)14-13(6-8-22-14)23(17,20)21/h1-4,6,8,11H,5,7,9H2,(H2,17,20,21). The molecule has 0 spiro atoms. The zero-order valence-corrected chi connectivity index (χ0v) is 13.7. The molecule has 1 aromatic heterocycles. The van der Waals surface area contributed by atoms with Gasteiger partial charge < -0.3 is 4.90 Å². The maximum absolute atomic E-state index is 13.0. The van der Waals surface area contributed by atoms with Crippen molar-refractivity contribution in [3.05, 3.63) is 52.0 Å². The molecule has 1 amide bonds. The predicted octanol–water partition coefficient (Wildman–Crippen LogP) is 2.16. The van der Waals surface area contributed by atoms with E-state index in [9.17, 15) is 17.6 Å². The number of hydrogen-bond acceptors (Lipinski definition) is 4. The molecule has 1 saturated heterocycles. The molecule has 1 atom stereocenters. The lowest BCUT2D eigenvalue weighted by atomic mass is 9.99. The van der Waals surface area contributed by atoms with Gasteiger partial charge >= 0.3 is 0 Å². The van der Waals surface area contributed by atoms with E-state index >= 15 is 0 Å². The Morgan fingerprint density at radius 2 is 1.96 bits per heavy atom. The molecule has 2 aromatic rings. The molecular formula is C15H15FN2O3S2. The van der Waals surface area contributed by atoms with E-state index < -0.39 is 10.0 Å². The second-order valence-corrected chi connectivity index (χ2v) is 7.89.